The van der Waals surface area contributed by atoms with Gasteiger partial charge in [-0.2, -0.15) is 0 Å². The van der Waals surface area contributed by atoms with Gasteiger partial charge in [-0.25, -0.2) is 0 Å². The van der Waals surface area contributed by atoms with Gasteiger partial charge in [-0.1, -0.05) is 36.4 Å². The number of hydrogen-bond acceptors (Lipinski definition) is 7. The zero-order valence-electron chi connectivity index (χ0n) is 17.5. The van der Waals surface area contributed by atoms with Crippen LogP contribution in [0.2, 0.25) is 0 Å². The monoisotopic (exact) mass is 441 g/mol. The Kier molecular flexibility index (Phi) is 7.36. The number of methoxy groups -OCH3 is 1. The molecule has 0 spiro atoms. The van der Waals surface area contributed by atoms with E-state index in [1.165, 1.54) is 0 Å². The highest BCUT2D eigenvalue weighted by Crippen LogP contribution is 2.34. The van der Waals surface area contributed by atoms with Gasteiger partial charge < -0.3 is 14.2 Å². The van der Waals surface area contributed by atoms with E-state index in [0.29, 0.717) is 23.7 Å². The normalized spacial score (nSPS) is 15.0. The first kappa shape index (κ1) is 22.4. The maximum Gasteiger partial charge on any atom is 0.326 e. The SMILES string of the molecule is COc1ccc(/C=C2/SC(=O)N(CC(=O)OC(C)C)C2=O)cc1OCc1ccccc1. The Labute approximate surface area is 185 Å². The van der Waals surface area contributed by atoms with Crippen LogP contribution in [-0.2, 0) is 20.9 Å². The summed E-state index contributed by atoms with van der Waals surface area (Å²) in [6, 6.07) is 14.9. The molecule has 2 amide bonds. The molecule has 1 aliphatic heterocycles. The molecular formula is C23H23NO6S. The number of carbonyl (C=O) groups is 3. The molecule has 1 saturated heterocycles. The van der Waals surface area contributed by atoms with Gasteiger partial charge in [0.1, 0.15) is 13.2 Å². The molecule has 0 unspecified atom stereocenters. The van der Waals surface area contributed by atoms with Crippen molar-refractivity contribution in [3.63, 3.8) is 0 Å². The molecule has 7 nitrogen and oxygen atoms in total. The summed E-state index contributed by atoms with van der Waals surface area (Å²) in [5.74, 6) is -0.0877. The van der Waals surface area contributed by atoms with Crippen LogP contribution in [0.1, 0.15) is 25.0 Å². The van der Waals surface area contributed by atoms with Crippen LogP contribution in [0.25, 0.3) is 6.08 Å². The van der Waals surface area contributed by atoms with Gasteiger partial charge in [0, 0.05) is 0 Å². The molecule has 2 aromatic carbocycles. The molecule has 0 atom stereocenters. The average Bonchev–Trinajstić information content (AvgIpc) is 3.00. The average molecular weight is 442 g/mol. The van der Waals surface area contributed by atoms with Gasteiger partial charge in [-0.05, 0) is 54.9 Å². The van der Waals surface area contributed by atoms with Crippen LogP contribution in [0.15, 0.2) is 53.4 Å². The number of carbonyl (C=O) groups excluding carboxylic acids is 3. The predicted molar refractivity (Wildman–Crippen MR) is 118 cm³/mol. The van der Waals surface area contributed by atoms with Gasteiger partial charge in [0.05, 0.1) is 18.1 Å². The van der Waals surface area contributed by atoms with Crippen molar-refractivity contribution in [1.82, 2.24) is 4.90 Å². The van der Waals surface area contributed by atoms with E-state index in [2.05, 4.69) is 0 Å². The van der Waals surface area contributed by atoms with Crippen LogP contribution >= 0.6 is 11.8 Å². The number of imide groups is 1. The molecule has 0 saturated carbocycles. The van der Waals surface area contributed by atoms with Gasteiger partial charge in [0.15, 0.2) is 11.5 Å². The maximum absolute atomic E-state index is 12.6. The van der Waals surface area contributed by atoms with Crippen molar-refractivity contribution in [1.29, 1.82) is 0 Å². The van der Waals surface area contributed by atoms with E-state index in [1.807, 2.05) is 30.3 Å². The van der Waals surface area contributed by atoms with E-state index in [-0.39, 0.29) is 11.0 Å². The van der Waals surface area contributed by atoms with Crippen molar-refractivity contribution in [2.45, 2.75) is 26.6 Å². The molecular weight excluding hydrogens is 418 g/mol. The molecule has 0 N–H and O–H groups in total. The van der Waals surface area contributed by atoms with Crippen molar-refractivity contribution in [2.75, 3.05) is 13.7 Å². The fraction of sp³-hybridized carbons (Fsp3) is 0.261. The summed E-state index contributed by atoms with van der Waals surface area (Å²) in [4.78, 5) is 37.8. The quantitative estimate of drug-likeness (QED) is 0.447. The second-order valence-corrected chi connectivity index (χ2v) is 7.98. The van der Waals surface area contributed by atoms with Crippen LogP contribution in [-0.4, -0.2) is 41.8 Å². The van der Waals surface area contributed by atoms with Gasteiger partial charge in [0.25, 0.3) is 11.1 Å². The van der Waals surface area contributed by atoms with E-state index in [1.54, 1.807) is 45.2 Å². The van der Waals surface area contributed by atoms with E-state index >= 15 is 0 Å². The highest BCUT2D eigenvalue weighted by atomic mass is 32.2. The molecule has 31 heavy (non-hydrogen) atoms. The first-order valence-corrected chi connectivity index (χ1v) is 10.5. The zero-order valence-corrected chi connectivity index (χ0v) is 18.3. The minimum absolute atomic E-state index is 0.224. The minimum Gasteiger partial charge on any atom is -0.493 e. The number of ether oxygens (including phenoxy) is 3. The zero-order chi connectivity index (χ0) is 22.4. The summed E-state index contributed by atoms with van der Waals surface area (Å²) in [6.45, 7) is 3.35. The fourth-order valence-corrected chi connectivity index (χ4v) is 3.69. The standard InChI is InChI=1S/C23H23NO6S/c1-15(2)30-21(25)13-24-22(26)20(31-23(24)27)12-17-9-10-18(28-3)19(11-17)29-14-16-7-5-4-6-8-16/h4-12,15H,13-14H2,1-3H3/b20-12+. The van der Waals surface area contributed by atoms with E-state index in [0.717, 1.165) is 22.2 Å². The van der Waals surface area contributed by atoms with Crippen molar-refractivity contribution in [3.05, 3.63) is 64.6 Å². The number of rotatable bonds is 8. The lowest BCUT2D eigenvalue weighted by atomic mass is 10.1. The molecule has 1 heterocycles. The highest BCUT2D eigenvalue weighted by molar-refractivity contribution is 8.18. The largest absolute Gasteiger partial charge is 0.493 e. The molecule has 0 aromatic heterocycles. The van der Waals surface area contributed by atoms with Crippen LogP contribution in [0.4, 0.5) is 4.79 Å². The molecule has 162 valence electrons. The third kappa shape index (κ3) is 5.88. The van der Waals surface area contributed by atoms with E-state index in [4.69, 9.17) is 14.2 Å². The first-order valence-electron chi connectivity index (χ1n) is 9.67. The Balaban J connectivity index is 1.75. The third-order valence-corrected chi connectivity index (χ3v) is 5.16. The van der Waals surface area contributed by atoms with Crippen molar-refractivity contribution >= 4 is 35.0 Å². The number of thioether (sulfide) groups is 1. The summed E-state index contributed by atoms with van der Waals surface area (Å²) in [5.41, 5.74) is 1.67. The molecule has 0 aliphatic carbocycles. The van der Waals surface area contributed by atoms with Gasteiger partial charge in [-0.15, -0.1) is 0 Å². The van der Waals surface area contributed by atoms with E-state index < -0.39 is 23.7 Å². The number of benzene rings is 2. The molecule has 8 heteroatoms. The Bertz CT molecular complexity index is 1000. The number of nitrogens with zero attached hydrogens (tertiary/aromatic N) is 1. The third-order valence-electron chi connectivity index (χ3n) is 4.25. The van der Waals surface area contributed by atoms with Crippen LogP contribution in [0, 0.1) is 0 Å². The van der Waals surface area contributed by atoms with Crippen LogP contribution < -0.4 is 9.47 Å². The lowest BCUT2D eigenvalue weighted by Gasteiger charge is -2.13. The fourth-order valence-electron chi connectivity index (χ4n) is 2.85. The Morgan fingerprint density at radius 3 is 2.52 bits per heavy atom. The maximum atomic E-state index is 12.6. The number of amides is 2. The molecule has 0 bridgehead atoms. The van der Waals surface area contributed by atoms with Crippen molar-refractivity contribution in [3.8, 4) is 11.5 Å². The summed E-state index contributed by atoms with van der Waals surface area (Å²) < 4.78 is 16.3. The Hall–Kier alpha value is -3.26. The van der Waals surface area contributed by atoms with Crippen LogP contribution in [0.3, 0.4) is 0 Å². The Morgan fingerprint density at radius 2 is 1.84 bits per heavy atom. The van der Waals surface area contributed by atoms with Crippen molar-refractivity contribution in [2.24, 2.45) is 0 Å². The van der Waals surface area contributed by atoms with Gasteiger partial charge in [-0.3, -0.25) is 19.3 Å². The van der Waals surface area contributed by atoms with Crippen molar-refractivity contribution < 1.29 is 28.6 Å². The second kappa shape index (κ2) is 10.2. The summed E-state index contributed by atoms with van der Waals surface area (Å²) >= 11 is 0.782. The topological polar surface area (TPSA) is 82.1 Å². The predicted octanol–water partition coefficient (Wildman–Crippen LogP) is 4.26. The lowest BCUT2D eigenvalue weighted by Crippen LogP contribution is -2.35. The lowest BCUT2D eigenvalue weighted by molar-refractivity contribution is -0.149. The smallest absolute Gasteiger partial charge is 0.326 e. The van der Waals surface area contributed by atoms with E-state index in [9.17, 15) is 14.4 Å². The number of hydrogen-bond donors (Lipinski definition) is 0. The molecule has 1 fully saturated rings. The second-order valence-electron chi connectivity index (χ2n) is 6.99. The minimum atomic E-state index is -0.625. The molecule has 3 rings (SSSR count). The Morgan fingerprint density at radius 1 is 1.10 bits per heavy atom. The summed E-state index contributed by atoms with van der Waals surface area (Å²) in [5, 5.41) is -0.508. The molecule has 2 aromatic rings. The van der Waals surface area contributed by atoms with Gasteiger partial charge in [0.2, 0.25) is 0 Å². The van der Waals surface area contributed by atoms with Crippen LogP contribution in [0.5, 0.6) is 11.5 Å². The van der Waals surface area contributed by atoms with Gasteiger partial charge >= 0.3 is 5.97 Å². The summed E-state index contributed by atoms with van der Waals surface area (Å²) in [6.07, 6.45) is 1.27. The highest BCUT2D eigenvalue weighted by Gasteiger charge is 2.36. The first-order chi connectivity index (χ1) is 14.9. The summed E-state index contributed by atoms with van der Waals surface area (Å²) in [7, 11) is 1.55. The molecule has 1 aliphatic rings. The molecule has 0 radical (unpaired) electrons. The number of esters is 1.